The third-order valence-electron chi connectivity index (χ3n) is 3.85. The highest BCUT2D eigenvalue weighted by atomic mass is 32.2. The number of aromatic nitrogens is 1. The number of carboxylic acids is 2. The van der Waals surface area contributed by atoms with Crippen LogP contribution in [0.25, 0.3) is 0 Å². The van der Waals surface area contributed by atoms with Crippen molar-refractivity contribution in [2.75, 3.05) is 19.3 Å². The van der Waals surface area contributed by atoms with E-state index in [-0.39, 0.29) is 21.7 Å². The van der Waals surface area contributed by atoms with Crippen molar-refractivity contribution in [2.45, 2.75) is 15.5 Å². The summed E-state index contributed by atoms with van der Waals surface area (Å²) in [6.45, 7) is 0.426. The number of nitrogens with zero attached hydrogens (tertiary/aromatic N) is 2. The van der Waals surface area contributed by atoms with Gasteiger partial charge in [-0.2, -0.15) is 11.8 Å². The number of carboxylic acid groups (broad SMARTS) is 2. The number of hydrogen-bond donors (Lipinski definition) is 7. The number of carbonyl (C=O) groups excluding carboxylic acids is 1. The Morgan fingerprint density at radius 1 is 1.23 bits per heavy atom. The summed E-state index contributed by atoms with van der Waals surface area (Å²) >= 11 is 2.97. The minimum absolute atomic E-state index is 0.0238. The number of sulfonamides is 2. The predicted octanol–water partition coefficient (Wildman–Crippen LogP) is -4.06. The number of thioether (sulfide) groups is 1. The van der Waals surface area contributed by atoms with E-state index in [2.05, 4.69) is 25.0 Å². The van der Waals surface area contributed by atoms with Gasteiger partial charge in [0.05, 0.1) is 15.8 Å². The monoisotopic (exact) mass is 622 g/mol. The first kappa shape index (κ1) is 33.3. The van der Waals surface area contributed by atoms with Gasteiger partial charge in [-0.3, -0.25) is 4.99 Å². The highest BCUT2D eigenvalue weighted by Crippen LogP contribution is 2.16. The van der Waals surface area contributed by atoms with Crippen LogP contribution in [-0.2, 0) is 35.4 Å². The van der Waals surface area contributed by atoms with Gasteiger partial charge in [0.15, 0.2) is 0 Å². The fourth-order valence-corrected chi connectivity index (χ4v) is 5.57. The van der Waals surface area contributed by atoms with Crippen LogP contribution in [0.15, 0.2) is 56.6 Å². The van der Waals surface area contributed by atoms with Crippen LogP contribution in [0.2, 0.25) is 0 Å². The normalized spacial score (nSPS) is 11.8. The lowest BCUT2D eigenvalue weighted by Crippen LogP contribution is -2.72. The summed E-state index contributed by atoms with van der Waals surface area (Å²) in [5.41, 5.74) is 11.6. The van der Waals surface area contributed by atoms with Crippen LogP contribution < -0.4 is 36.7 Å². The van der Waals surface area contributed by atoms with Gasteiger partial charge in [0, 0.05) is 36.6 Å². The molecule has 0 saturated heterocycles. The Balaban J connectivity index is 0.000000824. The largest absolute Gasteiger partial charge is 0.545 e. The Kier molecular flexibility index (Phi) is 13.4. The molecular weight excluding hydrogens is 597 g/mol. The van der Waals surface area contributed by atoms with Crippen LogP contribution in [0, 0.1) is 0 Å². The van der Waals surface area contributed by atoms with Gasteiger partial charge in [0.2, 0.25) is 16.0 Å². The maximum atomic E-state index is 12.5. The van der Waals surface area contributed by atoms with Gasteiger partial charge in [-0.25, -0.2) is 36.5 Å². The van der Waals surface area contributed by atoms with Crippen LogP contribution in [0.3, 0.4) is 0 Å². The summed E-state index contributed by atoms with van der Waals surface area (Å²) in [4.78, 5) is 29.3. The van der Waals surface area contributed by atoms with Gasteiger partial charge in [0.1, 0.15) is 5.69 Å². The second-order valence-corrected chi connectivity index (χ2v) is 12.1. The topological polar surface area (TPSA) is 287 Å². The van der Waals surface area contributed by atoms with Crippen molar-refractivity contribution in [2.24, 2.45) is 21.6 Å². The van der Waals surface area contributed by atoms with E-state index in [1.807, 2.05) is 5.38 Å². The molecule has 0 aliphatic carbocycles. The Morgan fingerprint density at radius 3 is 2.44 bits per heavy atom. The molecule has 1 aromatic carbocycles. The Labute approximate surface area is 232 Å². The Bertz CT molecular complexity index is 1430. The van der Waals surface area contributed by atoms with E-state index >= 15 is 0 Å². The van der Waals surface area contributed by atoms with Crippen molar-refractivity contribution in [3.63, 3.8) is 0 Å². The molecule has 0 aliphatic heterocycles. The number of aliphatic carboxylic acids is 2. The number of thiazole rings is 1. The molecule has 2 aromatic rings. The predicted molar refractivity (Wildman–Crippen MR) is 144 cm³/mol. The number of hydrogen-bond acceptors (Lipinski definition) is 11. The number of nitrogens with two attached hydrogens (primary N) is 3. The molecule has 1 aromatic heterocycles. The first-order valence-corrected chi connectivity index (χ1v) is 15.4. The minimum Gasteiger partial charge on any atom is -0.545 e. The van der Waals surface area contributed by atoms with Crippen LogP contribution >= 0.6 is 23.1 Å². The van der Waals surface area contributed by atoms with E-state index in [4.69, 9.17) is 21.7 Å². The summed E-state index contributed by atoms with van der Waals surface area (Å²) in [5, 5.41) is 27.7. The molecule has 0 atom stereocenters. The molecule has 39 heavy (non-hydrogen) atoms. The van der Waals surface area contributed by atoms with Gasteiger partial charge in [-0.15, -0.1) is 4.98 Å². The van der Waals surface area contributed by atoms with E-state index in [1.165, 1.54) is 36.6 Å². The van der Waals surface area contributed by atoms with Crippen molar-refractivity contribution in [1.29, 1.82) is 0 Å². The highest BCUT2D eigenvalue weighted by molar-refractivity contribution is 7.98. The zero-order chi connectivity index (χ0) is 29.6. The standard InChI is InChI=1S/C15H22N8O4S4.C4H4O4/c1-19-14(20-5-6-28-8-10-9-29-15(21-10)22-13(16)17)23-31(26,27)12-4-2-3-11(7-12)30(18,24)25;5-3(6)1-2-4(7)8/h2-4,7,9H,5-6,8H2,1H3,(H2,18,24,25)(H2,19,20,23)(H4,16,17,21,22);1-2H,(H,5,6)(H,7,8)/b;2-1+. The second-order valence-electron chi connectivity index (χ2n) is 6.89. The zero-order valence-electron chi connectivity index (χ0n) is 20.2. The lowest BCUT2D eigenvalue weighted by Gasteiger charge is -2.12. The summed E-state index contributed by atoms with van der Waals surface area (Å²) in [5.74, 6) is -1.41. The summed E-state index contributed by atoms with van der Waals surface area (Å²) in [6.07, 6.45) is 0.942. The Morgan fingerprint density at radius 2 is 1.90 bits per heavy atom. The van der Waals surface area contributed by atoms with Crippen LogP contribution in [0.1, 0.15) is 5.69 Å². The number of benzene rings is 1. The molecule has 0 unspecified atom stereocenters. The van der Waals surface area contributed by atoms with E-state index in [1.54, 1.807) is 11.8 Å². The SMILES string of the molecule is CN=C(NCCSCc1csc([NH+]=C(N)N)n1)NS(=O)(=O)c1cccc(S(N)(=O)=O)c1.O=C([O-])/C=C/C(=O)O. The lowest BCUT2D eigenvalue weighted by atomic mass is 10.4. The third-order valence-corrected chi connectivity index (χ3v) is 7.90. The average molecular weight is 623 g/mol. The molecule has 0 spiro atoms. The number of aliphatic imine (C=N–C) groups is 1. The number of rotatable bonds is 11. The number of primary sulfonamides is 1. The molecule has 0 fully saturated rings. The zero-order valence-corrected chi connectivity index (χ0v) is 23.5. The van der Waals surface area contributed by atoms with Gasteiger partial charge in [-0.05, 0) is 24.3 Å². The van der Waals surface area contributed by atoms with E-state index in [0.29, 0.717) is 35.3 Å². The first-order valence-electron chi connectivity index (χ1n) is 10.3. The summed E-state index contributed by atoms with van der Waals surface area (Å²) < 4.78 is 50.2. The Hall–Kier alpha value is -3.72. The molecular formula is C19H26N8O8S4. The van der Waals surface area contributed by atoms with Gasteiger partial charge in [0.25, 0.3) is 15.2 Å². The van der Waals surface area contributed by atoms with Crippen LogP contribution in [-0.4, -0.2) is 70.1 Å². The fourth-order valence-electron chi connectivity index (χ4n) is 2.28. The smallest absolute Gasteiger partial charge is 0.328 e. The minimum atomic E-state index is -4.06. The summed E-state index contributed by atoms with van der Waals surface area (Å²) in [7, 11) is -6.67. The number of guanidine groups is 2. The number of carbonyl (C=O) groups is 2. The molecule has 20 heteroatoms. The molecule has 214 valence electrons. The van der Waals surface area contributed by atoms with Crippen LogP contribution in [0.5, 0.6) is 0 Å². The van der Waals surface area contributed by atoms with Crippen molar-refractivity contribution < 1.29 is 41.6 Å². The third kappa shape index (κ3) is 13.6. The molecule has 1 heterocycles. The van der Waals surface area contributed by atoms with E-state index in [0.717, 1.165) is 11.8 Å². The second kappa shape index (κ2) is 15.6. The van der Waals surface area contributed by atoms with Gasteiger partial charge < -0.3 is 31.8 Å². The van der Waals surface area contributed by atoms with Crippen LogP contribution in [0.4, 0.5) is 5.13 Å². The molecule has 10 N–H and O–H groups in total. The van der Waals surface area contributed by atoms with E-state index < -0.39 is 32.0 Å². The average Bonchev–Trinajstić information content (AvgIpc) is 3.28. The highest BCUT2D eigenvalue weighted by Gasteiger charge is 2.19. The molecule has 2 rings (SSSR count). The maximum absolute atomic E-state index is 12.5. The lowest BCUT2D eigenvalue weighted by molar-refractivity contribution is -0.355. The maximum Gasteiger partial charge on any atom is 0.328 e. The first-order chi connectivity index (χ1) is 18.1. The van der Waals surface area contributed by atoms with Crippen molar-refractivity contribution in [3.8, 4) is 0 Å². The molecule has 0 bridgehead atoms. The molecule has 0 radical (unpaired) electrons. The van der Waals surface area contributed by atoms with Gasteiger partial charge >= 0.3 is 11.9 Å². The molecule has 0 aliphatic rings. The van der Waals surface area contributed by atoms with Gasteiger partial charge in [-0.1, -0.05) is 17.4 Å². The fraction of sp³-hybridized carbons (Fsp3) is 0.211. The van der Waals surface area contributed by atoms with E-state index in [9.17, 15) is 31.5 Å². The molecule has 0 saturated carbocycles. The molecule has 16 nitrogen and oxygen atoms in total. The van der Waals surface area contributed by atoms with Crippen molar-refractivity contribution in [1.82, 2.24) is 15.0 Å². The van der Waals surface area contributed by atoms with Crippen molar-refractivity contribution in [3.05, 3.63) is 47.5 Å². The quantitative estimate of drug-likeness (QED) is 0.0544. The molecule has 0 amide bonds. The van der Waals surface area contributed by atoms with Crippen molar-refractivity contribution >= 4 is 72.1 Å². The number of nitrogens with one attached hydrogen (secondary N) is 3. The summed E-state index contributed by atoms with van der Waals surface area (Å²) in [6, 6.07) is 4.74.